The van der Waals surface area contributed by atoms with E-state index in [-0.39, 0.29) is 18.2 Å². The average molecular weight is 428 g/mol. The first-order chi connectivity index (χ1) is 15.7. The fourth-order valence-electron chi connectivity index (χ4n) is 4.18. The number of nitrogens with one attached hydrogen (secondary N) is 1. The Kier molecular flexibility index (Phi) is 5.41. The van der Waals surface area contributed by atoms with Crippen LogP contribution in [0.2, 0.25) is 0 Å². The number of para-hydroxylation sites is 2. The van der Waals surface area contributed by atoms with E-state index in [4.69, 9.17) is 4.98 Å². The monoisotopic (exact) mass is 428 g/mol. The van der Waals surface area contributed by atoms with Crippen molar-refractivity contribution in [1.82, 2.24) is 24.4 Å². The van der Waals surface area contributed by atoms with Crippen molar-refractivity contribution in [2.75, 3.05) is 11.4 Å². The van der Waals surface area contributed by atoms with Crippen LogP contribution < -0.4 is 10.2 Å². The van der Waals surface area contributed by atoms with Crippen molar-refractivity contribution in [2.24, 2.45) is 0 Å². The molecule has 4 aromatic rings. The summed E-state index contributed by atoms with van der Waals surface area (Å²) in [5, 5.41) is 2.94. The molecule has 162 valence electrons. The number of imidazole rings is 2. The fraction of sp³-hybridized carbons (Fsp3) is 0.250. The van der Waals surface area contributed by atoms with Crippen LogP contribution in [-0.4, -0.2) is 37.5 Å². The molecule has 0 spiro atoms. The second-order valence-electron chi connectivity index (χ2n) is 7.90. The van der Waals surface area contributed by atoms with Crippen LogP contribution in [-0.2, 0) is 22.7 Å². The number of rotatable bonds is 8. The Morgan fingerprint density at radius 3 is 2.66 bits per heavy atom. The summed E-state index contributed by atoms with van der Waals surface area (Å²) in [5.41, 5.74) is 2.71. The van der Waals surface area contributed by atoms with E-state index in [1.165, 1.54) is 0 Å². The molecule has 0 unspecified atom stereocenters. The molecule has 32 heavy (non-hydrogen) atoms. The van der Waals surface area contributed by atoms with Gasteiger partial charge in [-0.2, -0.15) is 0 Å². The Balaban J connectivity index is 1.34. The summed E-state index contributed by atoms with van der Waals surface area (Å²) in [6.45, 7) is 1.72. The van der Waals surface area contributed by atoms with Crippen LogP contribution in [0.5, 0.6) is 0 Å². The van der Waals surface area contributed by atoms with Crippen molar-refractivity contribution in [1.29, 1.82) is 0 Å². The van der Waals surface area contributed by atoms with Crippen LogP contribution >= 0.6 is 0 Å². The minimum Gasteiger partial charge on any atom is -0.352 e. The van der Waals surface area contributed by atoms with Gasteiger partial charge in [-0.1, -0.05) is 42.5 Å². The summed E-state index contributed by atoms with van der Waals surface area (Å²) in [6.07, 6.45) is 6.25. The summed E-state index contributed by atoms with van der Waals surface area (Å²) in [5.74, 6) is 0.373. The maximum absolute atomic E-state index is 13.3. The molecule has 8 nitrogen and oxygen atoms in total. The first-order valence-electron chi connectivity index (χ1n) is 10.8. The van der Waals surface area contributed by atoms with Crippen LogP contribution in [0.1, 0.15) is 24.4 Å². The van der Waals surface area contributed by atoms with E-state index in [1.807, 2.05) is 69.9 Å². The Morgan fingerprint density at radius 2 is 1.84 bits per heavy atom. The maximum Gasteiger partial charge on any atom is 0.253 e. The van der Waals surface area contributed by atoms with Gasteiger partial charge in [-0.25, -0.2) is 9.97 Å². The van der Waals surface area contributed by atoms with Gasteiger partial charge in [0.05, 0.1) is 23.8 Å². The number of aryl methyl sites for hydroxylation is 1. The smallest absolute Gasteiger partial charge is 0.253 e. The fourth-order valence-corrected chi connectivity index (χ4v) is 4.18. The molecule has 0 saturated carbocycles. The van der Waals surface area contributed by atoms with E-state index in [1.54, 1.807) is 17.4 Å². The number of anilines is 1. The summed E-state index contributed by atoms with van der Waals surface area (Å²) >= 11 is 0. The lowest BCUT2D eigenvalue weighted by Crippen LogP contribution is -2.33. The predicted molar refractivity (Wildman–Crippen MR) is 121 cm³/mol. The lowest BCUT2D eigenvalue weighted by Gasteiger charge is -2.16. The van der Waals surface area contributed by atoms with Gasteiger partial charge in [-0.05, 0) is 24.1 Å². The highest BCUT2D eigenvalue weighted by Crippen LogP contribution is 2.36. The van der Waals surface area contributed by atoms with Crippen LogP contribution in [0.25, 0.3) is 11.0 Å². The van der Waals surface area contributed by atoms with E-state index in [9.17, 15) is 9.59 Å². The second-order valence-corrected chi connectivity index (χ2v) is 7.90. The van der Waals surface area contributed by atoms with E-state index in [0.717, 1.165) is 29.6 Å². The molecule has 0 aliphatic carbocycles. The van der Waals surface area contributed by atoms with Crippen molar-refractivity contribution in [3.8, 4) is 0 Å². The highest BCUT2D eigenvalue weighted by atomic mass is 16.2. The van der Waals surface area contributed by atoms with E-state index in [0.29, 0.717) is 19.0 Å². The molecule has 1 N–H and O–H groups in total. The molecular formula is C24H24N6O2. The molecule has 0 radical (unpaired) electrons. The highest BCUT2D eigenvalue weighted by Gasteiger charge is 2.40. The van der Waals surface area contributed by atoms with Crippen LogP contribution in [0.4, 0.5) is 5.95 Å². The Bertz CT molecular complexity index is 1230. The summed E-state index contributed by atoms with van der Waals surface area (Å²) in [7, 11) is 0. The molecule has 8 heteroatoms. The zero-order chi connectivity index (χ0) is 21.9. The predicted octanol–water partition coefficient (Wildman–Crippen LogP) is 2.92. The van der Waals surface area contributed by atoms with Crippen molar-refractivity contribution in [2.45, 2.75) is 32.0 Å². The molecule has 1 atom stereocenters. The van der Waals surface area contributed by atoms with E-state index in [2.05, 4.69) is 10.3 Å². The topological polar surface area (TPSA) is 85.1 Å². The van der Waals surface area contributed by atoms with Crippen LogP contribution in [0.15, 0.2) is 73.3 Å². The minimum absolute atomic E-state index is 0.0804. The van der Waals surface area contributed by atoms with Crippen molar-refractivity contribution in [3.05, 3.63) is 78.9 Å². The van der Waals surface area contributed by atoms with Gasteiger partial charge in [-0.3, -0.25) is 19.1 Å². The normalized spacial score (nSPS) is 15.3. The molecule has 2 aromatic carbocycles. The molecule has 1 aliphatic rings. The number of carbonyl (C=O) groups is 2. The highest BCUT2D eigenvalue weighted by molar-refractivity contribution is 6.03. The van der Waals surface area contributed by atoms with Gasteiger partial charge in [-0.15, -0.1) is 0 Å². The Labute approximate surface area is 185 Å². The summed E-state index contributed by atoms with van der Waals surface area (Å²) in [6, 6.07) is 16.9. The van der Waals surface area contributed by atoms with Gasteiger partial charge >= 0.3 is 0 Å². The summed E-state index contributed by atoms with van der Waals surface area (Å²) in [4.78, 5) is 36.6. The zero-order valence-electron chi connectivity index (χ0n) is 17.6. The third-order valence-corrected chi connectivity index (χ3v) is 5.75. The molecule has 0 saturated heterocycles. The van der Waals surface area contributed by atoms with E-state index < -0.39 is 6.04 Å². The first-order valence-corrected chi connectivity index (χ1v) is 10.8. The van der Waals surface area contributed by atoms with Crippen LogP contribution in [0.3, 0.4) is 0 Å². The number of amides is 2. The minimum atomic E-state index is -0.596. The number of aromatic nitrogens is 4. The average Bonchev–Trinajstić information content (AvgIpc) is 3.52. The number of fused-ring (bicyclic) bond motifs is 3. The van der Waals surface area contributed by atoms with Gasteiger partial charge in [0.2, 0.25) is 11.9 Å². The molecule has 0 fully saturated rings. The molecule has 0 bridgehead atoms. The third-order valence-electron chi connectivity index (χ3n) is 5.75. The molecule has 5 rings (SSSR count). The van der Waals surface area contributed by atoms with Gasteiger partial charge in [0.1, 0.15) is 6.04 Å². The Hall–Kier alpha value is -3.94. The second kappa shape index (κ2) is 8.66. The third kappa shape index (κ3) is 3.87. The van der Waals surface area contributed by atoms with Gasteiger partial charge in [0.25, 0.3) is 5.91 Å². The standard InChI is InChI=1S/C24H24N6O2/c31-22(26-16-18-7-2-1-3-8-18)15-21-23(32)29(13-6-12-28-14-11-25-17-28)24-27-19-9-4-5-10-20(19)30(21)24/h1-5,7-11,14,17,21H,6,12-13,15-16H2,(H,26,31)/t21-/m1/s1. The van der Waals surface area contributed by atoms with Crippen molar-refractivity contribution >= 4 is 28.8 Å². The number of hydrogen-bond acceptors (Lipinski definition) is 4. The number of carbonyl (C=O) groups excluding carboxylic acids is 2. The Morgan fingerprint density at radius 1 is 1.03 bits per heavy atom. The summed E-state index contributed by atoms with van der Waals surface area (Å²) < 4.78 is 3.90. The molecule has 2 amide bonds. The van der Waals surface area contributed by atoms with Gasteiger partial charge in [0, 0.05) is 32.0 Å². The zero-order valence-corrected chi connectivity index (χ0v) is 17.6. The molecule has 2 aromatic heterocycles. The van der Waals surface area contributed by atoms with Crippen LogP contribution in [0, 0.1) is 0 Å². The number of benzene rings is 2. The lowest BCUT2D eigenvalue weighted by atomic mass is 10.1. The molecule has 1 aliphatic heterocycles. The number of hydrogen-bond donors (Lipinski definition) is 1. The van der Waals surface area contributed by atoms with Crippen molar-refractivity contribution < 1.29 is 9.59 Å². The SMILES string of the molecule is O=C(C[C@@H]1C(=O)N(CCCn2ccnc2)c2nc3ccccc3n21)NCc1ccccc1. The maximum atomic E-state index is 13.3. The quantitative estimate of drug-likeness (QED) is 0.468. The van der Waals surface area contributed by atoms with Crippen molar-refractivity contribution in [3.63, 3.8) is 0 Å². The largest absolute Gasteiger partial charge is 0.352 e. The number of nitrogens with zero attached hydrogens (tertiary/aromatic N) is 5. The molecule has 3 heterocycles. The molecular weight excluding hydrogens is 404 g/mol. The first kappa shape index (κ1) is 20.0. The van der Waals surface area contributed by atoms with Gasteiger partial charge < -0.3 is 9.88 Å². The lowest BCUT2D eigenvalue weighted by molar-refractivity contribution is -0.127. The van der Waals surface area contributed by atoms with E-state index >= 15 is 0 Å². The van der Waals surface area contributed by atoms with Gasteiger partial charge in [0.15, 0.2) is 0 Å².